The summed E-state index contributed by atoms with van der Waals surface area (Å²) in [7, 11) is 2.20. The minimum Gasteiger partial charge on any atom is -0.315 e. The maximum absolute atomic E-state index is 3.71. The van der Waals surface area contributed by atoms with Gasteiger partial charge in [-0.05, 0) is 58.2 Å². The summed E-state index contributed by atoms with van der Waals surface area (Å²) in [5.74, 6) is 0.849. The van der Waals surface area contributed by atoms with E-state index in [2.05, 4.69) is 31.1 Å². The zero-order chi connectivity index (χ0) is 14.4. The lowest BCUT2D eigenvalue weighted by Gasteiger charge is -2.48. The molecule has 2 rings (SSSR count). The Hall–Kier alpha value is -0.0800. The topological polar surface area (TPSA) is 15.3 Å². The SMILES string of the molecule is CNC(CCCC(C)C)C1(N2CCCCC2)CCCC1. The molecular formula is C18H36N2. The van der Waals surface area contributed by atoms with Gasteiger partial charge in [-0.2, -0.15) is 0 Å². The molecule has 2 nitrogen and oxygen atoms in total. The summed E-state index contributed by atoms with van der Waals surface area (Å²) in [6.07, 6.45) is 14.2. The van der Waals surface area contributed by atoms with Crippen LogP contribution in [0.15, 0.2) is 0 Å². The second-order valence-electron chi connectivity index (χ2n) is 7.52. The van der Waals surface area contributed by atoms with Crippen molar-refractivity contribution in [1.29, 1.82) is 0 Å². The molecule has 0 aromatic heterocycles. The molecular weight excluding hydrogens is 244 g/mol. The van der Waals surface area contributed by atoms with E-state index in [4.69, 9.17) is 0 Å². The lowest BCUT2D eigenvalue weighted by atomic mass is 9.81. The molecule has 118 valence electrons. The molecule has 2 fully saturated rings. The second-order valence-corrected chi connectivity index (χ2v) is 7.52. The van der Waals surface area contributed by atoms with Crippen LogP contribution in [0.1, 0.15) is 78.1 Å². The number of hydrogen-bond acceptors (Lipinski definition) is 2. The third-order valence-corrected chi connectivity index (χ3v) is 5.73. The predicted octanol–water partition coefficient (Wildman–Crippen LogP) is 4.20. The van der Waals surface area contributed by atoms with Crippen molar-refractivity contribution < 1.29 is 0 Å². The summed E-state index contributed by atoms with van der Waals surface area (Å²) in [6, 6.07) is 0.710. The Balaban J connectivity index is 2.00. The van der Waals surface area contributed by atoms with Gasteiger partial charge in [-0.25, -0.2) is 0 Å². The molecule has 0 radical (unpaired) electrons. The summed E-state index contributed by atoms with van der Waals surface area (Å²) in [4.78, 5) is 2.88. The van der Waals surface area contributed by atoms with Crippen LogP contribution in [0, 0.1) is 5.92 Å². The first-order chi connectivity index (χ1) is 9.69. The van der Waals surface area contributed by atoms with Gasteiger partial charge in [0.1, 0.15) is 0 Å². The highest BCUT2D eigenvalue weighted by atomic mass is 15.2. The van der Waals surface area contributed by atoms with Crippen LogP contribution in [0.4, 0.5) is 0 Å². The first-order valence-corrected chi connectivity index (χ1v) is 9.11. The average molecular weight is 280 g/mol. The van der Waals surface area contributed by atoms with Gasteiger partial charge in [-0.15, -0.1) is 0 Å². The molecule has 0 amide bonds. The fourth-order valence-electron chi connectivity index (χ4n) is 4.62. The third-order valence-electron chi connectivity index (χ3n) is 5.73. The van der Waals surface area contributed by atoms with E-state index in [9.17, 15) is 0 Å². The Morgan fingerprint density at radius 3 is 2.15 bits per heavy atom. The van der Waals surface area contributed by atoms with Crippen molar-refractivity contribution in [2.75, 3.05) is 20.1 Å². The quantitative estimate of drug-likeness (QED) is 0.752. The Kier molecular flexibility index (Phi) is 6.35. The number of nitrogens with one attached hydrogen (secondary N) is 1. The number of likely N-dealkylation sites (tertiary alicyclic amines) is 1. The summed E-state index contributed by atoms with van der Waals surface area (Å²) >= 11 is 0. The third kappa shape index (κ3) is 3.76. The molecule has 2 aliphatic rings. The molecule has 0 aromatic rings. The van der Waals surface area contributed by atoms with Crippen molar-refractivity contribution in [1.82, 2.24) is 10.2 Å². The zero-order valence-corrected chi connectivity index (χ0v) is 14.1. The van der Waals surface area contributed by atoms with Gasteiger partial charge in [0, 0.05) is 11.6 Å². The van der Waals surface area contributed by atoms with Crippen LogP contribution in [-0.2, 0) is 0 Å². The molecule has 0 spiro atoms. The van der Waals surface area contributed by atoms with E-state index in [-0.39, 0.29) is 0 Å². The van der Waals surface area contributed by atoms with Gasteiger partial charge in [0.05, 0.1) is 0 Å². The average Bonchev–Trinajstić information content (AvgIpc) is 2.95. The van der Waals surface area contributed by atoms with Gasteiger partial charge in [-0.3, -0.25) is 4.90 Å². The Bertz CT molecular complexity index is 263. The smallest absolute Gasteiger partial charge is 0.0362 e. The van der Waals surface area contributed by atoms with Crippen LogP contribution in [0.2, 0.25) is 0 Å². The highest BCUT2D eigenvalue weighted by molar-refractivity contribution is 5.03. The summed E-state index contributed by atoms with van der Waals surface area (Å²) in [6.45, 7) is 7.40. The van der Waals surface area contributed by atoms with Crippen LogP contribution in [0.25, 0.3) is 0 Å². The van der Waals surface area contributed by atoms with Crippen molar-refractivity contribution in [2.24, 2.45) is 5.92 Å². The van der Waals surface area contributed by atoms with E-state index in [0.29, 0.717) is 11.6 Å². The van der Waals surface area contributed by atoms with Gasteiger partial charge >= 0.3 is 0 Å². The van der Waals surface area contributed by atoms with E-state index in [1.54, 1.807) is 0 Å². The minimum absolute atomic E-state index is 0.492. The second kappa shape index (κ2) is 7.79. The van der Waals surface area contributed by atoms with Gasteiger partial charge in [-0.1, -0.05) is 46.0 Å². The summed E-state index contributed by atoms with van der Waals surface area (Å²) < 4.78 is 0. The first kappa shape index (κ1) is 16.3. The molecule has 1 N–H and O–H groups in total. The van der Waals surface area contributed by atoms with Crippen LogP contribution >= 0.6 is 0 Å². The first-order valence-electron chi connectivity index (χ1n) is 9.11. The summed E-state index contributed by atoms with van der Waals surface area (Å²) in [5, 5.41) is 3.71. The van der Waals surface area contributed by atoms with E-state index < -0.39 is 0 Å². The van der Waals surface area contributed by atoms with Gasteiger partial charge in [0.2, 0.25) is 0 Å². The molecule has 1 unspecified atom stereocenters. The van der Waals surface area contributed by atoms with E-state index >= 15 is 0 Å². The monoisotopic (exact) mass is 280 g/mol. The maximum atomic E-state index is 3.71. The molecule has 1 aliphatic carbocycles. The number of likely N-dealkylation sites (N-methyl/N-ethyl adjacent to an activating group) is 1. The summed E-state index contributed by atoms with van der Waals surface area (Å²) in [5.41, 5.74) is 0.492. The van der Waals surface area contributed by atoms with Gasteiger partial charge in [0.15, 0.2) is 0 Å². The van der Waals surface area contributed by atoms with E-state index in [1.165, 1.54) is 77.3 Å². The highest BCUT2D eigenvalue weighted by Gasteiger charge is 2.45. The minimum atomic E-state index is 0.492. The Morgan fingerprint density at radius 2 is 1.60 bits per heavy atom. The van der Waals surface area contributed by atoms with Crippen LogP contribution in [0.5, 0.6) is 0 Å². The molecule has 2 heteroatoms. The molecule has 20 heavy (non-hydrogen) atoms. The predicted molar refractivity (Wildman–Crippen MR) is 88.2 cm³/mol. The van der Waals surface area contributed by atoms with Crippen LogP contribution in [-0.4, -0.2) is 36.6 Å². The fraction of sp³-hybridized carbons (Fsp3) is 1.00. The van der Waals surface area contributed by atoms with Gasteiger partial charge < -0.3 is 5.32 Å². The van der Waals surface area contributed by atoms with Crippen molar-refractivity contribution in [3.05, 3.63) is 0 Å². The molecule has 1 atom stereocenters. The Labute approximate surface area is 126 Å². The molecule has 1 heterocycles. The van der Waals surface area contributed by atoms with Crippen LogP contribution in [0.3, 0.4) is 0 Å². The standard InChI is InChI=1S/C18H36N2/c1-16(2)10-9-11-17(19-3)18(12-5-6-13-18)20-14-7-4-8-15-20/h16-17,19H,4-15H2,1-3H3. The van der Waals surface area contributed by atoms with Crippen molar-refractivity contribution in [2.45, 2.75) is 89.6 Å². The number of piperidine rings is 1. The number of hydrogen-bond donors (Lipinski definition) is 1. The molecule has 1 aliphatic heterocycles. The van der Waals surface area contributed by atoms with Gasteiger partial charge in [0.25, 0.3) is 0 Å². The van der Waals surface area contributed by atoms with Crippen LogP contribution < -0.4 is 5.32 Å². The van der Waals surface area contributed by atoms with Crippen molar-refractivity contribution in [3.63, 3.8) is 0 Å². The van der Waals surface area contributed by atoms with E-state index in [0.717, 1.165) is 5.92 Å². The van der Waals surface area contributed by atoms with E-state index in [1.807, 2.05) is 0 Å². The Morgan fingerprint density at radius 1 is 0.950 bits per heavy atom. The largest absolute Gasteiger partial charge is 0.315 e. The highest BCUT2D eigenvalue weighted by Crippen LogP contribution is 2.41. The fourth-order valence-corrected chi connectivity index (χ4v) is 4.62. The molecule has 0 bridgehead atoms. The zero-order valence-electron chi connectivity index (χ0n) is 14.1. The maximum Gasteiger partial charge on any atom is 0.0362 e. The molecule has 1 saturated heterocycles. The molecule has 0 aromatic carbocycles. The normalized spacial score (nSPS) is 25.2. The number of rotatable bonds is 7. The molecule has 1 saturated carbocycles. The van der Waals surface area contributed by atoms with Crippen molar-refractivity contribution >= 4 is 0 Å². The van der Waals surface area contributed by atoms with Crippen molar-refractivity contribution in [3.8, 4) is 0 Å². The lowest BCUT2D eigenvalue weighted by Crippen LogP contribution is -2.60. The number of nitrogens with zero attached hydrogens (tertiary/aromatic N) is 1. The lowest BCUT2D eigenvalue weighted by molar-refractivity contribution is 0.0353.